The van der Waals surface area contributed by atoms with E-state index in [-0.39, 0.29) is 19.1 Å². The second-order valence-electron chi connectivity index (χ2n) is 5.26. The first kappa shape index (κ1) is 17.2. The van der Waals surface area contributed by atoms with E-state index in [1.54, 1.807) is 0 Å². The predicted octanol–water partition coefficient (Wildman–Crippen LogP) is 0.0228. The Kier molecular flexibility index (Phi) is 6.41. The Morgan fingerprint density at radius 1 is 1.43 bits per heavy atom. The van der Waals surface area contributed by atoms with E-state index in [0.717, 1.165) is 0 Å². The largest absolute Gasteiger partial charge is 0.480 e. The van der Waals surface area contributed by atoms with Gasteiger partial charge < -0.3 is 24.4 Å². The van der Waals surface area contributed by atoms with E-state index in [9.17, 15) is 14.4 Å². The number of aliphatic carboxylic acids is 1. The lowest BCUT2D eigenvalue weighted by molar-refractivity contribution is -0.151. The lowest BCUT2D eigenvalue weighted by Crippen LogP contribution is -2.57. The lowest BCUT2D eigenvalue weighted by Gasteiger charge is -2.37. The van der Waals surface area contributed by atoms with Gasteiger partial charge >= 0.3 is 18.0 Å². The number of carbonyl (C=O) groups excluding carboxylic acids is 2. The minimum Gasteiger partial charge on any atom is -0.480 e. The highest BCUT2D eigenvalue weighted by molar-refractivity contribution is 5.86. The number of carboxylic acid groups (broad SMARTS) is 1. The fourth-order valence-electron chi connectivity index (χ4n) is 2.16. The molecule has 0 bridgehead atoms. The van der Waals surface area contributed by atoms with Crippen molar-refractivity contribution in [3.05, 3.63) is 0 Å². The molecule has 1 heterocycles. The summed E-state index contributed by atoms with van der Waals surface area (Å²) in [6.45, 7) is 4.27. The van der Waals surface area contributed by atoms with Gasteiger partial charge in [-0.2, -0.15) is 0 Å². The summed E-state index contributed by atoms with van der Waals surface area (Å²) in [5, 5.41) is 8.94. The molecule has 1 fully saturated rings. The summed E-state index contributed by atoms with van der Waals surface area (Å²) < 4.78 is 9.86. The van der Waals surface area contributed by atoms with Crippen LogP contribution in [0.3, 0.4) is 0 Å². The van der Waals surface area contributed by atoms with Crippen molar-refractivity contribution in [2.75, 3.05) is 40.0 Å². The Balaban J connectivity index is 2.87. The van der Waals surface area contributed by atoms with Crippen LogP contribution in [0.15, 0.2) is 0 Å². The van der Waals surface area contributed by atoms with Crippen molar-refractivity contribution in [2.24, 2.45) is 5.92 Å². The van der Waals surface area contributed by atoms with Crippen LogP contribution in [0.4, 0.5) is 4.79 Å². The number of hydrogen-bond acceptors (Lipinski definition) is 5. The molecule has 120 valence electrons. The van der Waals surface area contributed by atoms with Gasteiger partial charge in [-0.05, 0) is 5.92 Å². The van der Waals surface area contributed by atoms with Crippen LogP contribution in [0.1, 0.15) is 13.8 Å². The fourth-order valence-corrected chi connectivity index (χ4v) is 2.16. The van der Waals surface area contributed by atoms with Gasteiger partial charge in [-0.3, -0.25) is 4.79 Å². The van der Waals surface area contributed by atoms with Gasteiger partial charge in [0.1, 0.15) is 6.54 Å². The van der Waals surface area contributed by atoms with Crippen LogP contribution >= 0.6 is 0 Å². The molecule has 0 saturated carbocycles. The number of amides is 2. The first-order valence-electron chi connectivity index (χ1n) is 6.79. The van der Waals surface area contributed by atoms with Crippen molar-refractivity contribution < 1.29 is 29.0 Å². The van der Waals surface area contributed by atoms with Crippen molar-refractivity contribution in [3.8, 4) is 0 Å². The van der Waals surface area contributed by atoms with E-state index < -0.39 is 30.6 Å². The average Bonchev–Trinajstić information content (AvgIpc) is 2.44. The number of hydrogen-bond donors (Lipinski definition) is 1. The van der Waals surface area contributed by atoms with E-state index in [0.29, 0.717) is 13.2 Å². The minimum atomic E-state index is -1.09. The molecule has 8 heteroatoms. The molecule has 0 aliphatic carbocycles. The predicted molar refractivity (Wildman–Crippen MR) is 72.8 cm³/mol. The third-order valence-electron chi connectivity index (χ3n) is 3.03. The molecule has 1 aliphatic rings. The Bertz CT molecular complexity index is 398. The molecule has 1 aliphatic heterocycles. The van der Waals surface area contributed by atoms with E-state index in [1.807, 2.05) is 13.8 Å². The molecule has 1 rings (SSSR count). The summed E-state index contributed by atoms with van der Waals surface area (Å²) in [7, 11) is 1.24. The maximum absolute atomic E-state index is 12.5. The summed E-state index contributed by atoms with van der Waals surface area (Å²) >= 11 is 0. The molecule has 0 aromatic carbocycles. The first-order chi connectivity index (χ1) is 9.86. The maximum atomic E-state index is 12.5. The third-order valence-corrected chi connectivity index (χ3v) is 3.03. The Morgan fingerprint density at radius 2 is 2.10 bits per heavy atom. The Hall–Kier alpha value is -1.83. The van der Waals surface area contributed by atoms with Crippen LogP contribution in [0, 0.1) is 5.92 Å². The zero-order valence-electron chi connectivity index (χ0n) is 12.6. The van der Waals surface area contributed by atoms with Gasteiger partial charge in [0, 0.05) is 13.1 Å². The minimum absolute atomic E-state index is 0.0566. The third kappa shape index (κ3) is 4.89. The number of nitrogens with zero attached hydrogens (tertiary/aromatic N) is 2. The van der Waals surface area contributed by atoms with Crippen LogP contribution in [0.5, 0.6) is 0 Å². The van der Waals surface area contributed by atoms with Crippen LogP contribution < -0.4 is 0 Å². The lowest BCUT2D eigenvalue weighted by atomic mass is 10.2. The molecule has 2 amide bonds. The van der Waals surface area contributed by atoms with Crippen molar-refractivity contribution in [1.29, 1.82) is 0 Å². The molecule has 0 aromatic heterocycles. The van der Waals surface area contributed by atoms with E-state index >= 15 is 0 Å². The van der Waals surface area contributed by atoms with Gasteiger partial charge in [0.05, 0.1) is 20.3 Å². The van der Waals surface area contributed by atoms with Gasteiger partial charge in [0.25, 0.3) is 0 Å². The molecule has 8 nitrogen and oxygen atoms in total. The number of carbonyl (C=O) groups is 3. The highest BCUT2D eigenvalue weighted by Crippen LogP contribution is 2.13. The number of esters is 1. The number of ether oxygens (including phenoxy) is 2. The number of morpholine rings is 1. The molecule has 0 spiro atoms. The monoisotopic (exact) mass is 302 g/mol. The van der Waals surface area contributed by atoms with Crippen LogP contribution in [-0.2, 0) is 19.1 Å². The highest BCUT2D eigenvalue weighted by Gasteiger charge is 2.36. The normalized spacial score (nSPS) is 18.5. The maximum Gasteiger partial charge on any atom is 0.331 e. The van der Waals surface area contributed by atoms with Gasteiger partial charge in [0.15, 0.2) is 6.04 Å². The quantitative estimate of drug-likeness (QED) is 0.719. The summed E-state index contributed by atoms with van der Waals surface area (Å²) in [6, 6.07) is -1.32. The van der Waals surface area contributed by atoms with Crippen molar-refractivity contribution >= 4 is 18.0 Å². The highest BCUT2D eigenvalue weighted by atomic mass is 16.5. The van der Waals surface area contributed by atoms with Crippen molar-refractivity contribution in [2.45, 2.75) is 19.9 Å². The molecule has 1 saturated heterocycles. The molecule has 1 N–H and O–H groups in total. The van der Waals surface area contributed by atoms with Gasteiger partial charge in [-0.25, -0.2) is 9.59 Å². The van der Waals surface area contributed by atoms with E-state index in [1.165, 1.54) is 16.9 Å². The average molecular weight is 302 g/mol. The van der Waals surface area contributed by atoms with Gasteiger partial charge in [-0.15, -0.1) is 0 Å². The summed E-state index contributed by atoms with van der Waals surface area (Å²) in [6.07, 6.45) is 0. The van der Waals surface area contributed by atoms with Crippen molar-refractivity contribution in [1.82, 2.24) is 9.80 Å². The molecular formula is C13H22N2O6. The fraction of sp³-hybridized carbons (Fsp3) is 0.769. The molecule has 0 radical (unpaired) electrons. The zero-order chi connectivity index (χ0) is 16.0. The topological polar surface area (TPSA) is 96.4 Å². The SMILES string of the molecule is COC(=O)C1COCCN1C(=O)N(CC(=O)O)CC(C)C. The smallest absolute Gasteiger partial charge is 0.331 e. The number of urea groups is 1. The molecule has 0 aromatic rings. The summed E-state index contributed by atoms with van der Waals surface area (Å²) in [5.74, 6) is -1.54. The number of methoxy groups -OCH3 is 1. The van der Waals surface area contributed by atoms with Crippen LogP contribution in [0.25, 0.3) is 0 Å². The number of carboxylic acids is 1. The van der Waals surface area contributed by atoms with Gasteiger partial charge in [-0.1, -0.05) is 13.8 Å². The van der Waals surface area contributed by atoms with Crippen LogP contribution in [0.2, 0.25) is 0 Å². The van der Waals surface area contributed by atoms with Gasteiger partial charge in [0.2, 0.25) is 0 Å². The zero-order valence-corrected chi connectivity index (χ0v) is 12.6. The Labute approximate surface area is 123 Å². The molecule has 21 heavy (non-hydrogen) atoms. The Morgan fingerprint density at radius 3 is 2.62 bits per heavy atom. The van der Waals surface area contributed by atoms with Crippen LogP contribution in [-0.4, -0.2) is 78.9 Å². The summed E-state index contributed by atoms with van der Waals surface area (Å²) in [5.41, 5.74) is 0. The molecular weight excluding hydrogens is 280 g/mol. The van der Waals surface area contributed by atoms with Crippen molar-refractivity contribution in [3.63, 3.8) is 0 Å². The van der Waals surface area contributed by atoms with E-state index in [4.69, 9.17) is 9.84 Å². The number of rotatable bonds is 5. The summed E-state index contributed by atoms with van der Waals surface area (Å²) in [4.78, 5) is 37.7. The molecule has 1 atom stereocenters. The molecule has 1 unspecified atom stereocenters. The standard InChI is InChI=1S/C13H22N2O6/c1-9(2)6-14(7-11(16)17)13(19)15-4-5-21-8-10(15)12(18)20-3/h9-10H,4-8H2,1-3H3,(H,16,17). The van der Waals surface area contributed by atoms with E-state index in [2.05, 4.69) is 4.74 Å². The second-order valence-corrected chi connectivity index (χ2v) is 5.26. The first-order valence-corrected chi connectivity index (χ1v) is 6.79. The second kappa shape index (κ2) is 7.82.